The van der Waals surface area contributed by atoms with E-state index in [-0.39, 0.29) is 23.4 Å². The summed E-state index contributed by atoms with van der Waals surface area (Å²) in [5, 5.41) is 2.99. The van der Waals surface area contributed by atoms with Crippen LogP contribution >= 0.6 is 11.6 Å². The molecule has 0 aliphatic heterocycles. The molecule has 0 fully saturated rings. The van der Waals surface area contributed by atoms with Crippen molar-refractivity contribution in [3.8, 4) is 17.2 Å². The molecule has 0 radical (unpaired) electrons. The zero-order valence-electron chi connectivity index (χ0n) is 16.2. The summed E-state index contributed by atoms with van der Waals surface area (Å²) >= 11 is 6.22. The van der Waals surface area contributed by atoms with Gasteiger partial charge in [-0.15, -0.1) is 0 Å². The van der Waals surface area contributed by atoms with Gasteiger partial charge in [-0.05, 0) is 31.2 Å². The SMILES string of the molecule is CCOc1c(Cl)cc(C(=O)N(C)CC(=O)Nc2cccc(OC)c2)cc1OC. The molecule has 2 aromatic carbocycles. The first-order valence-corrected chi connectivity index (χ1v) is 8.97. The quantitative estimate of drug-likeness (QED) is 0.726. The van der Waals surface area contributed by atoms with Gasteiger partial charge in [-0.1, -0.05) is 17.7 Å². The molecule has 0 aliphatic carbocycles. The van der Waals surface area contributed by atoms with Crippen molar-refractivity contribution in [2.45, 2.75) is 6.92 Å². The number of nitrogens with zero attached hydrogens (tertiary/aromatic N) is 1. The van der Waals surface area contributed by atoms with Crippen LogP contribution in [0.2, 0.25) is 5.02 Å². The Hall–Kier alpha value is -2.93. The van der Waals surface area contributed by atoms with Gasteiger partial charge in [-0.3, -0.25) is 9.59 Å². The molecule has 2 amide bonds. The second-order valence-corrected chi connectivity index (χ2v) is 6.27. The molecule has 28 heavy (non-hydrogen) atoms. The maximum atomic E-state index is 12.7. The van der Waals surface area contributed by atoms with Gasteiger partial charge in [0.2, 0.25) is 5.91 Å². The van der Waals surface area contributed by atoms with Crippen molar-refractivity contribution in [2.75, 3.05) is 39.7 Å². The molecule has 1 N–H and O–H groups in total. The lowest BCUT2D eigenvalue weighted by Crippen LogP contribution is -2.35. The van der Waals surface area contributed by atoms with Crippen molar-refractivity contribution < 1.29 is 23.8 Å². The van der Waals surface area contributed by atoms with E-state index in [1.165, 1.54) is 31.2 Å². The number of methoxy groups -OCH3 is 2. The number of hydrogen-bond acceptors (Lipinski definition) is 5. The molecule has 0 spiro atoms. The van der Waals surface area contributed by atoms with E-state index >= 15 is 0 Å². The lowest BCUT2D eigenvalue weighted by Gasteiger charge is -2.19. The van der Waals surface area contributed by atoms with Crippen molar-refractivity contribution in [1.29, 1.82) is 0 Å². The molecule has 0 atom stereocenters. The molecule has 0 bridgehead atoms. The van der Waals surface area contributed by atoms with Gasteiger partial charge in [0.05, 0.1) is 32.4 Å². The molecule has 0 aromatic heterocycles. The first kappa shape index (κ1) is 21.4. The topological polar surface area (TPSA) is 77.1 Å². The largest absolute Gasteiger partial charge is 0.497 e. The number of rotatable bonds is 8. The maximum absolute atomic E-state index is 12.7. The van der Waals surface area contributed by atoms with E-state index in [4.69, 9.17) is 25.8 Å². The van der Waals surface area contributed by atoms with Crippen LogP contribution in [0.15, 0.2) is 36.4 Å². The number of likely N-dealkylation sites (N-methyl/N-ethyl adjacent to an activating group) is 1. The summed E-state index contributed by atoms with van der Waals surface area (Å²) in [6.45, 7) is 2.10. The second-order valence-electron chi connectivity index (χ2n) is 5.86. The number of nitrogens with one attached hydrogen (secondary N) is 1. The van der Waals surface area contributed by atoms with E-state index in [0.29, 0.717) is 35.1 Å². The highest BCUT2D eigenvalue weighted by Crippen LogP contribution is 2.36. The molecule has 0 unspecified atom stereocenters. The predicted octanol–water partition coefficient (Wildman–Crippen LogP) is 3.47. The van der Waals surface area contributed by atoms with Gasteiger partial charge in [0, 0.05) is 24.4 Å². The van der Waals surface area contributed by atoms with Gasteiger partial charge >= 0.3 is 0 Å². The summed E-state index contributed by atoms with van der Waals surface area (Å²) < 4.78 is 15.8. The smallest absolute Gasteiger partial charge is 0.254 e. The van der Waals surface area contributed by atoms with Crippen molar-refractivity contribution in [2.24, 2.45) is 0 Å². The second kappa shape index (κ2) is 9.85. The van der Waals surface area contributed by atoms with E-state index in [9.17, 15) is 9.59 Å². The minimum absolute atomic E-state index is 0.136. The molecule has 0 saturated carbocycles. The molecule has 0 heterocycles. The number of benzene rings is 2. The van der Waals surface area contributed by atoms with Gasteiger partial charge in [-0.2, -0.15) is 0 Å². The number of hydrogen-bond donors (Lipinski definition) is 1. The van der Waals surface area contributed by atoms with E-state index in [1.807, 2.05) is 6.92 Å². The number of carbonyl (C=O) groups excluding carboxylic acids is 2. The van der Waals surface area contributed by atoms with Gasteiger partial charge in [-0.25, -0.2) is 0 Å². The van der Waals surface area contributed by atoms with Crippen LogP contribution in [0.4, 0.5) is 5.69 Å². The molecular weight excluding hydrogens is 384 g/mol. The van der Waals surface area contributed by atoms with Crippen molar-refractivity contribution in [3.63, 3.8) is 0 Å². The van der Waals surface area contributed by atoms with Crippen LogP contribution in [0, 0.1) is 0 Å². The average molecular weight is 407 g/mol. The summed E-state index contributed by atoms with van der Waals surface area (Å²) in [6.07, 6.45) is 0. The Kier molecular flexibility index (Phi) is 7.52. The summed E-state index contributed by atoms with van der Waals surface area (Å²) in [5.74, 6) is 0.643. The Morgan fingerprint density at radius 2 is 1.89 bits per heavy atom. The third kappa shape index (κ3) is 5.29. The molecule has 150 valence electrons. The standard InChI is InChI=1S/C20H23ClN2O5/c1-5-28-19-16(21)9-13(10-17(19)27-4)20(25)23(2)12-18(24)22-14-7-6-8-15(11-14)26-3/h6-11H,5,12H2,1-4H3,(H,22,24). The van der Waals surface area contributed by atoms with Crippen molar-refractivity contribution in [1.82, 2.24) is 4.90 Å². The van der Waals surface area contributed by atoms with E-state index in [2.05, 4.69) is 5.32 Å². The monoisotopic (exact) mass is 406 g/mol. The summed E-state index contributed by atoms with van der Waals surface area (Å²) in [5.41, 5.74) is 0.873. The van der Waals surface area contributed by atoms with Crippen LogP contribution in [-0.4, -0.2) is 51.1 Å². The van der Waals surface area contributed by atoms with Crippen LogP contribution in [0.1, 0.15) is 17.3 Å². The Morgan fingerprint density at radius 1 is 1.14 bits per heavy atom. The lowest BCUT2D eigenvalue weighted by atomic mass is 10.1. The Bertz CT molecular complexity index is 856. The number of carbonyl (C=O) groups is 2. The molecule has 0 aliphatic rings. The first-order chi connectivity index (χ1) is 13.4. The van der Waals surface area contributed by atoms with Gasteiger partial charge < -0.3 is 24.4 Å². The number of halogens is 1. The van der Waals surface area contributed by atoms with Crippen molar-refractivity contribution >= 4 is 29.1 Å². The highest BCUT2D eigenvalue weighted by atomic mass is 35.5. The molecule has 0 saturated heterocycles. The summed E-state index contributed by atoms with van der Waals surface area (Å²) in [7, 11) is 4.54. The third-order valence-electron chi connectivity index (χ3n) is 3.85. The highest BCUT2D eigenvalue weighted by Gasteiger charge is 2.20. The minimum Gasteiger partial charge on any atom is -0.497 e. The number of ether oxygens (including phenoxy) is 3. The molecular formula is C20H23ClN2O5. The zero-order chi connectivity index (χ0) is 20.7. The number of anilines is 1. The van der Waals surface area contributed by atoms with E-state index < -0.39 is 0 Å². The Morgan fingerprint density at radius 3 is 2.54 bits per heavy atom. The molecule has 7 nitrogen and oxygen atoms in total. The molecule has 2 aromatic rings. The minimum atomic E-state index is -0.371. The van der Waals surface area contributed by atoms with Gasteiger partial charge in [0.25, 0.3) is 5.91 Å². The molecule has 2 rings (SSSR count). The fourth-order valence-electron chi connectivity index (χ4n) is 2.54. The normalized spacial score (nSPS) is 10.2. The first-order valence-electron chi connectivity index (χ1n) is 8.59. The molecule has 8 heteroatoms. The van der Waals surface area contributed by atoms with Crippen LogP contribution in [0.3, 0.4) is 0 Å². The van der Waals surface area contributed by atoms with Crippen molar-refractivity contribution in [3.05, 3.63) is 47.0 Å². The fraction of sp³-hybridized carbons (Fsp3) is 0.300. The highest BCUT2D eigenvalue weighted by molar-refractivity contribution is 6.32. The van der Waals surface area contributed by atoms with Gasteiger partial charge in [0.15, 0.2) is 11.5 Å². The van der Waals surface area contributed by atoms with Gasteiger partial charge in [0.1, 0.15) is 5.75 Å². The lowest BCUT2D eigenvalue weighted by molar-refractivity contribution is -0.116. The Balaban J connectivity index is 2.09. The van der Waals surface area contributed by atoms with Crippen LogP contribution in [0.25, 0.3) is 0 Å². The van der Waals surface area contributed by atoms with Crippen LogP contribution in [0.5, 0.6) is 17.2 Å². The Labute approximate surface area is 169 Å². The zero-order valence-corrected chi connectivity index (χ0v) is 17.0. The summed E-state index contributed by atoms with van der Waals surface area (Å²) in [4.78, 5) is 26.3. The van der Waals surface area contributed by atoms with Crippen LogP contribution in [-0.2, 0) is 4.79 Å². The van der Waals surface area contributed by atoms with E-state index in [0.717, 1.165) is 0 Å². The van der Waals surface area contributed by atoms with E-state index in [1.54, 1.807) is 31.4 Å². The fourth-order valence-corrected chi connectivity index (χ4v) is 2.80. The predicted molar refractivity (Wildman–Crippen MR) is 108 cm³/mol. The third-order valence-corrected chi connectivity index (χ3v) is 4.13. The maximum Gasteiger partial charge on any atom is 0.254 e. The number of amides is 2. The average Bonchev–Trinajstić information content (AvgIpc) is 2.68. The van der Waals surface area contributed by atoms with Crippen LogP contribution < -0.4 is 19.5 Å². The summed E-state index contributed by atoms with van der Waals surface area (Å²) in [6, 6.07) is 9.99.